The van der Waals surface area contributed by atoms with Crippen molar-refractivity contribution in [1.82, 2.24) is 5.32 Å². The Labute approximate surface area is 81.9 Å². The summed E-state index contributed by atoms with van der Waals surface area (Å²) in [6, 6.07) is 5.33. The minimum absolute atomic E-state index is 0.196. The Morgan fingerprint density at radius 2 is 2.31 bits per heavy atom. The van der Waals surface area contributed by atoms with Crippen molar-refractivity contribution in [2.24, 2.45) is 0 Å². The molecular weight excluding hydrogens is 189 g/mol. The number of benzene rings is 1. The van der Waals surface area contributed by atoms with Crippen molar-refractivity contribution in [3.8, 4) is 0 Å². The van der Waals surface area contributed by atoms with E-state index in [1.807, 2.05) is 6.07 Å². The molecular formula is C10H11ClFN. The Morgan fingerprint density at radius 3 is 2.92 bits per heavy atom. The summed E-state index contributed by atoms with van der Waals surface area (Å²) in [6.45, 7) is 1.02. The highest BCUT2D eigenvalue weighted by atomic mass is 35.5. The highest BCUT2D eigenvalue weighted by Crippen LogP contribution is 2.25. The molecule has 0 saturated carbocycles. The first-order valence-electron chi connectivity index (χ1n) is 4.46. The zero-order valence-electron chi connectivity index (χ0n) is 7.19. The van der Waals surface area contributed by atoms with Crippen molar-refractivity contribution in [3.05, 3.63) is 34.6 Å². The van der Waals surface area contributed by atoms with Gasteiger partial charge in [-0.15, -0.1) is 0 Å². The van der Waals surface area contributed by atoms with Crippen LogP contribution in [0, 0.1) is 5.82 Å². The predicted octanol–water partition coefficient (Wildman–Crippen LogP) is 2.90. The van der Waals surface area contributed by atoms with E-state index in [9.17, 15) is 4.39 Å². The summed E-state index contributed by atoms with van der Waals surface area (Å²) in [5, 5.41) is 3.51. The third kappa shape index (κ3) is 1.84. The molecule has 1 aliphatic rings. The monoisotopic (exact) mass is 199 g/mol. The van der Waals surface area contributed by atoms with Gasteiger partial charge in [0, 0.05) is 6.04 Å². The molecule has 70 valence electrons. The fourth-order valence-corrected chi connectivity index (χ4v) is 1.82. The van der Waals surface area contributed by atoms with Crippen LogP contribution in [0.4, 0.5) is 4.39 Å². The van der Waals surface area contributed by atoms with Crippen LogP contribution in [0.15, 0.2) is 18.2 Å². The second-order valence-corrected chi connectivity index (χ2v) is 3.73. The number of rotatable bonds is 1. The first-order valence-corrected chi connectivity index (χ1v) is 4.83. The summed E-state index contributed by atoms with van der Waals surface area (Å²) in [4.78, 5) is 0. The fourth-order valence-electron chi connectivity index (χ4n) is 1.70. The summed E-state index contributed by atoms with van der Waals surface area (Å²) in [5.74, 6) is -0.326. The SMILES string of the molecule is Fc1cc(C2CCCN2)ccc1Cl. The lowest BCUT2D eigenvalue weighted by Crippen LogP contribution is -2.12. The van der Waals surface area contributed by atoms with Crippen LogP contribution in [-0.2, 0) is 0 Å². The van der Waals surface area contributed by atoms with E-state index in [2.05, 4.69) is 5.32 Å². The molecule has 0 amide bonds. The third-order valence-corrected chi connectivity index (χ3v) is 2.71. The lowest BCUT2D eigenvalue weighted by atomic mass is 10.1. The second-order valence-electron chi connectivity index (χ2n) is 3.32. The van der Waals surface area contributed by atoms with Gasteiger partial charge in [0.2, 0.25) is 0 Å². The van der Waals surface area contributed by atoms with E-state index >= 15 is 0 Å². The summed E-state index contributed by atoms with van der Waals surface area (Å²) in [6.07, 6.45) is 2.25. The Bertz CT molecular complexity index is 308. The molecule has 1 fully saturated rings. The van der Waals surface area contributed by atoms with E-state index in [4.69, 9.17) is 11.6 Å². The van der Waals surface area contributed by atoms with Gasteiger partial charge in [0.25, 0.3) is 0 Å². The van der Waals surface area contributed by atoms with Crippen molar-refractivity contribution in [1.29, 1.82) is 0 Å². The molecule has 2 rings (SSSR count). The van der Waals surface area contributed by atoms with Crippen molar-refractivity contribution in [3.63, 3.8) is 0 Å². The molecule has 0 aromatic heterocycles. The van der Waals surface area contributed by atoms with Crippen LogP contribution in [0.25, 0.3) is 0 Å². The molecule has 1 aromatic rings. The molecule has 1 aliphatic heterocycles. The van der Waals surface area contributed by atoms with E-state index in [1.54, 1.807) is 6.07 Å². The van der Waals surface area contributed by atoms with Gasteiger partial charge in [0.1, 0.15) is 5.82 Å². The molecule has 1 N–H and O–H groups in total. The van der Waals surface area contributed by atoms with Crippen LogP contribution < -0.4 is 5.32 Å². The lowest BCUT2D eigenvalue weighted by Gasteiger charge is -2.10. The van der Waals surface area contributed by atoms with Crippen LogP contribution in [0.1, 0.15) is 24.4 Å². The fraction of sp³-hybridized carbons (Fsp3) is 0.400. The lowest BCUT2D eigenvalue weighted by molar-refractivity contribution is 0.607. The largest absolute Gasteiger partial charge is 0.310 e. The number of nitrogens with one attached hydrogen (secondary N) is 1. The first kappa shape index (κ1) is 8.97. The average Bonchev–Trinajstić information content (AvgIpc) is 2.62. The Balaban J connectivity index is 2.25. The van der Waals surface area contributed by atoms with Crippen molar-refractivity contribution in [2.75, 3.05) is 6.54 Å². The van der Waals surface area contributed by atoms with Gasteiger partial charge in [-0.25, -0.2) is 4.39 Å². The molecule has 1 saturated heterocycles. The van der Waals surface area contributed by atoms with Crippen LogP contribution in [0.5, 0.6) is 0 Å². The molecule has 1 nitrogen and oxygen atoms in total. The Hall–Kier alpha value is -0.600. The summed E-state index contributed by atoms with van der Waals surface area (Å²) in [5.41, 5.74) is 0.999. The van der Waals surface area contributed by atoms with E-state index in [0.29, 0.717) is 6.04 Å². The number of hydrogen-bond acceptors (Lipinski definition) is 1. The molecule has 1 unspecified atom stereocenters. The normalized spacial score (nSPS) is 22.2. The topological polar surface area (TPSA) is 12.0 Å². The molecule has 0 radical (unpaired) electrons. The zero-order valence-corrected chi connectivity index (χ0v) is 7.94. The van der Waals surface area contributed by atoms with Gasteiger partial charge in [-0.2, -0.15) is 0 Å². The summed E-state index contributed by atoms with van der Waals surface area (Å²) in [7, 11) is 0. The maximum atomic E-state index is 13.1. The van der Waals surface area contributed by atoms with Crippen molar-refractivity contribution in [2.45, 2.75) is 18.9 Å². The molecule has 3 heteroatoms. The smallest absolute Gasteiger partial charge is 0.142 e. The summed E-state index contributed by atoms with van der Waals surface area (Å²) < 4.78 is 13.1. The highest BCUT2D eigenvalue weighted by molar-refractivity contribution is 6.30. The molecule has 1 heterocycles. The van der Waals surface area contributed by atoms with E-state index in [0.717, 1.165) is 24.9 Å². The first-order chi connectivity index (χ1) is 6.27. The second kappa shape index (κ2) is 3.64. The van der Waals surface area contributed by atoms with Crippen LogP contribution in [0.2, 0.25) is 5.02 Å². The quantitative estimate of drug-likeness (QED) is 0.734. The predicted molar refractivity (Wildman–Crippen MR) is 51.4 cm³/mol. The maximum absolute atomic E-state index is 13.1. The molecule has 0 spiro atoms. The molecule has 1 aromatic carbocycles. The molecule has 0 aliphatic carbocycles. The van der Waals surface area contributed by atoms with Crippen molar-refractivity contribution >= 4 is 11.6 Å². The molecule has 0 bridgehead atoms. The maximum Gasteiger partial charge on any atom is 0.142 e. The highest BCUT2D eigenvalue weighted by Gasteiger charge is 2.16. The van der Waals surface area contributed by atoms with E-state index < -0.39 is 0 Å². The minimum Gasteiger partial charge on any atom is -0.310 e. The van der Waals surface area contributed by atoms with Gasteiger partial charge in [-0.3, -0.25) is 0 Å². The summed E-state index contributed by atoms with van der Waals surface area (Å²) >= 11 is 5.59. The van der Waals surface area contributed by atoms with Crippen molar-refractivity contribution < 1.29 is 4.39 Å². The Kier molecular flexibility index (Phi) is 2.51. The number of halogens is 2. The minimum atomic E-state index is -0.326. The van der Waals surface area contributed by atoms with Gasteiger partial charge < -0.3 is 5.32 Å². The van der Waals surface area contributed by atoms with Gasteiger partial charge in [-0.05, 0) is 37.1 Å². The standard InChI is InChI=1S/C10H11ClFN/c11-8-4-3-7(6-9(8)12)10-2-1-5-13-10/h3-4,6,10,13H,1-2,5H2. The van der Waals surface area contributed by atoms with E-state index in [-0.39, 0.29) is 10.8 Å². The van der Waals surface area contributed by atoms with Gasteiger partial charge in [0.15, 0.2) is 0 Å². The number of hydrogen-bond donors (Lipinski definition) is 1. The van der Waals surface area contributed by atoms with Gasteiger partial charge >= 0.3 is 0 Å². The zero-order chi connectivity index (χ0) is 9.26. The van der Waals surface area contributed by atoms with Gasteiger partial charge in [0.05, 0.1) is 5.02 Å². The van der Waals surface area contributed by atoms with E-state index in [1.165, 1.54) is 6.07 Å². The van der Waals surface area contributed by atoms with Gasteiger partial charge in [-0.1, -0.05) is 17.7 Å². The average molecular weight is 200 g/mol. The molecule has 1 atom stereocenters. The third-order valence-electron chi connectivity index (χ3n) is 2.41. The van der Waals surface area contributed by atoms with Crippen LogP contribution in [0.3, 0.4) is 0 Å². The van der Waals surface area contributed by atoms with Crippen LogP contribution in [-0.4, -0.2) is 6.54 Å². The Morgan fingerprint density at radius 1 is 1.46 bits per heavy atom. The van der Waals surface area contributed by atoms with Crippen LogP contribution >= 0.6 is 11.6 Å². The molecule has 13 heavy (non-hydrogen) atoms.